The van der Waals surface area contributed by atoms with Crippen LogP contribution in [0.4, 0.5) is 13.2 Å². The third-order valence-electron chi connectivity index (χ3n) is 5.17. The van der Waals surface area contributed by atoms with E-state index in [4.69, 9.17) is 26.5 Å². The quantitative estimate of drug-likeness (QED) is 0.433. The minimum Gasteiger partial charge on any atom is -0.475 e. The van der Waals surface area contributed by atoms with Gasteiger partial charge in [-0.15, -0.1) is 0 Å². The maximum atomic E-state index is 10.6. The molecule has 0 aliphatic rings. The second-order valence-corrected chi connectivity index (χ2v) is 9.22. The van der Waals surface area contributed by atoms with Crippen LogP contribution in [0.1, 0.15) is 50.7 Å². The minimum absolute atomic E-state index is 0.0612. The van der Waals surface area contributed by atoms with Crippen molar-refractivity contribution >= 4 is 28.6 Å². The Morgan fingerprint density at radius 3 is 2.24 bits per heavy atom. The molecule has 5 nitrogen and oxygen atoms in total. The first-order valence-corrected chi connectivity index (χ1v) is 10.8. The van der Waals surface area contributed by atoms with Crippen LogP contribution in [0, 0.1) is 6.92 Å². The van der Waals surface area contributed by atoms with Crippen LogP contribution in [0.15, 0.2) is 42.5 Å². The Hall–Kier alpha value is -2.58. The fraction of sp³-hybridized carbons (Fsp3) is 0.417. The van der Waals surface area contributed by atoms with E-state index in [1.165, 1.54) is 11.1 Å². The van der Waals surface area contributed by atoms with Crippen molar-refractivity contribution in [1.82, 2.24) is 14.9 Å². The maximum absolute atomic E-state index is 10.6. The van der Waals surface area contributed by atoms with Gasteiger partial charge >= 0.3 is 12.1 Å². The van der Waals surface area contributed by atoms with Gasteiger partial charge < -0.3 is 15.0 Å². The molecular weight excluding hydrogens is 455 g/mol. The zero-order valence-corrected chi connectivity index (χ0v) is 20.1. The first-order chi connectivity index (χ1) is 15.2. The summed E-state index contributed by atoms with van der Waals surface area (Å²) in [5, 5.41) is 11.5. The van der Waals surface area contributed by atoms with Crippen molar-refractivity contribution in [3.05, 3.63) is 64.4 Å². The number of nitrogens with one attached hydrogen (secondary N) is 1. The van der Waals surface area contributed by atoms with Crippen molar-refractivity contribution in [1.29, 1.82) is 0 Å². The van der Waals surface area contributed by atoms with Gasteiger partial charge in [-0.3, -0.25) is 0 Å². The number of fused-ring (bicyclic) bond motifs is 1. The van der Waals surface area contributed by atoms with Crippen molar-refractivity contribution in [3.8, 4) is 0 Å². The number of carboxylic acids is 1. The summed E-state index contributed by atoms with van der Waals surface area (Å²) in [6, 6.07) is 15.1. The number of benzene rings is 2. The van der Waals surface area contributed by atoms with E-state index in [1.54, 1.807) is 0 Å². The van der Waals surface area contributed by atoms with Crippen LogP contribution in [0.5, 0.6) is 0 Å². The van der Waals surface area contributed by atoms with Crippen molar-refractivity contribution in [3.63, 3.8) is 0 Å². The van der Waals surface area contributed by atoms with E-state index in [0.29, 0.717) is 6.04 Å². The molecule has 0 bridgehead atoms. The number of carboxylic acid groups (broad SMARTS) is 1. The zero-order chi connectivity index (χ0) is 25.0. The molecule has 2 aromatic carbocycles. The van der Waals surface area contributed by atoms with Crippen molar-refractivity contribution in [2.24, 2.45) is 0 Å². The van der Waals surface area contributed by atoms with Gasteiger partial charge in [0.1, 0.15) is 5.82 Å². The first kappa shape index (κ1) is 26.7. The molecule has 0 saturated carbocycles. The van der Waals surface area contributed by atoms with Crippen molar-refractivity contribution in [2.75, 3.05) is 6.54 Å². The third-order valence-corrected chi connectivity index (χ3v) is 5.40. The van der Waals surface area contributed by atoms with E-state index < -0.39 is 12.1 Å². The van der Waals surface area contributed by atoms with Gasteiger partial charge in [-0.05, 0) is 44.5 Å². The summed E-state index contributed by atoms with van der Waals surface area (Å²) in [5.74, 6) is -1.70. The number of aromatic nitrogens is 2. The predicted molar refractivity (Wildman–Crippen MR) is 125 cm³/mol. The van der Waals surface area contributed by atoms with E-state index in [2.05, 4.69) is 74.8 Å². The Kier molecular flexibility index (Phi) is 8.54. The van der Waals surface area contributed by atoms with Crippen LogP contribution < -0.4 is 5.32 Å². The van der Waals surface area contributed by atoms with Crippen LogP contribution in [0.3, 0.4) is 0 Å². The number of aryl methyl sites for hydroxylation is 1. The fourth-order valence-corrected chi connectivity index (χ4v) is 3.58. The Balaban J connectivity index is 0.000000479. The summed E-state index contributed by atoms with van der Waals surface area (Å²) in [6.07, 6.45) is -5.08. The Morgan fingerprint density at radius 2 is 1.73 bits per heavy atom. The number of aliphatic carboxylic acids is 1. The van der Waals surface area contributed by atoms with Crippen molar-refractivity contribution < 1.29 is 23.1 Å². The normalized spacial score (nSPS) is 12.1. The van der Waals surface area contributed by atoms with Gasteiger partial charge in [0, 0.05) is 23.0 Å². The lowest BCUT2D eigenvalue weighted by Crippen LogP contribution is -2.33. The molecule has 0 unspecified atom stereocenters. The summed E-state index contributed by atoms with van der Waals surface area (Å²) in [7, 11) is 0. The molecule has 2 N–H and O–H groups in total. The molecular formula is C24H29ClF3N3O2. The summed E-state index contributed by atoms with van der Waals surface area (Å²) in [5.41, 5.74) is 4.80. The average Bonchev–Trinajstić information content (AvgIpc) is 3.05. The summed E-state index contributed by atoms with van der Waals surface area (Å²) in [6.45, 7) is 12.7. The standard InChI is InChI=1S/C22H28ClN3.C2HF3O2/c1-15(2)26-20-11-10-18(23)12-19(20)25-21(26)13-24-14-22(4,5)17-8-6-16(3)7-9-17;3-2(4,5)1(6)7/h6-12,15,24H,13-14H2,1-5H3;(H,6,7). The van der Waals surface area contributed by atoms with E-state index in [0.717, 1.165) is 35.0 Å². The molecule has 9 heteroatoms. The lowest BCUT2D eigenvalue weighted by atomic mass is 9.84. The topological polar surface area (TPSA) is 67.2 Å². The van der Waals surface area contributed by atoms with Crippen LogP contribution in [0.2, 0.25) is 5.02 Å². The van der Waals surface area contributed by atoms with Gasteiger partial charge in [0.2, 0.25) is 0 Å². The molecule has 33 heavy (non-hydrogen) atoms. The van der Waals surface area contributed by atoms with Gasteiger partial charge in [-0.2, -0.15) is 13.2 Å². The largest absolute Gasteiger partial charge is 0.490 e. The molecule has 180 valence electrons. The molecule has 0 radical (unpaired) electrons. The molecule has 0 saturated heterocycles. The fourth-order valence-electron chi connectivity index (χ4n) is 3.42. The number of rotatable bonds is 6. The number of carbonyl (C=O) groups is 1. The Labute approximate surface area is 196 Å². The van der Waals surface area contributed by atoms with E-state index >= 15 is 0 Å². The predicted octanol–water partition coefficient (Wildman–Crippen LogP) is 6.28. The molecule has 0 spiro atoms. The second kappa shape index (κ2) is 10.6. The molecule has 0 amide bonds. The first-order valence-electron chi connectivity index (χ1n) is 10.5. The van der Waals surface area contributed by atoms with Crippen molar-refractivity contribution in [2.45, 2.75) is 58.8 Å². The zero-order valence-electron chi connectivity index (χ0n) is 19.3. The SMILES string of the molecule is Cc1ccc(C(C)(C)CNCc2nc3cc(Cl)ccc3n2C(C)C)cc1.O=C(O)C(F)(F)F. The smallest absolute Gasteiger partial charge is 0.475 e. The molecule has 1 heterocycles. The summed E-state index contributed by atoms with van der Waals surface area (Å²) in [4.78, 5) is 13.7. The van der Waals surface area contributed by atoms with Gasteiger partial charge in [0.15, 0.2) is 0 Å². The van der Waals surface area contributed by atoms with E-state index in [1.807, 2.05) is 12.1 Å². The molecule has 3 rings (SSSR count). The second-order valence-electron chi connectivity index (χ2n) is 8.78. The summed E-state index contributed by atoms with van der Waals surface area (Å²) < 4.78 is 34.0. The van der Waals surface area contributed by atoms with Crippen LogP contribution in [0.25, 0.3) is 11.0 Å². The monoisotopic (exact) mass is 483 g/mol. The minimum atomic E-state index is -5.08. The number of hydrogen-bond acceptors (Lipinski definition) is 3. The highest BCUT2D eigenvalue weighted by Gasteiger charge is 2.38. The molecule has 0 atom stereocenters. The Bertz CT molecular complexity index is 1090. The van der Waals surface area contributed by atoms with Crippen LogP contribution >= 0.6 is 11.6 Å². The molecule has 0 aliphatic heterocycles. The Morgan fingerprint density at radius 1 is 1.15 bits per heavy atom. The molecule has 3 aromatic rings. The third kappa shape index (κ3) is 7.20. The number of nitrogens with zero attached hydrogens (tertiary/aromatic N) is 2. The molecule has 0 fully saturated rings. The van der Waals surface area contributed by atoms with Gasteiger partial charge in [0.25, 0.3) is 0 Å². The van der Waals surface area contributed by atoms with Gasteiger partial charge in [0.05, 0.1) is 17.6 Å². The average molecular weight is 484 g/mol. The summed E-state index contributed by atoms with van der Waals surface area (Å²) >= 11 is 6.14. The van der Waals surface area contributed by atoms with Gasteiger partial charge in [-0.25, -0.2) is 9.78 Å². The van der Waals surface area contributed by atoms with E-state index in [-0.39, 0.29) is 5.41 Å². The van der Waals surface area contributed by atoms with Gasteiger partial charge in [-0.1, -0.05) is 55.3 Å². The number of hydrogen-bond donors (Lipinski definition) is 2. The highest BCUT2D eigenvalue weighted by molar-refractivity contribution is 6.31. The maximum Gasteiger partial charge on any atom is 0.490 e. The molecule has 1 aromatic heterocycles. The lowest BCUT2D eigenvalue weighted by Gasteiger charge is -2.26. The van der Waals surface area contributed by atoms with Crippen LogP contribution in [-0.2, 0) is 16.8 Å². The number of halogens is 4. The van der Waals surface area contributed by atoms with Crippen LogP contribution in [-0.4, -0.2) is 33.3 Å². The molecule has 0 aliphatic carbocycles. The van der Waals surface area contributed by atoms with E-state index in [9.17, 15) is 13.2 Å². The highest BCUT2D eigenvalue weighted by atomic mass is 35.5. The highest BCUT2D eigenvalue weighted by Crippen LogP contribution is 2.25. The number of imidazole rings is 1. The lowest BCUT2D eigenvalue weighted by molar-refractivity contribution is -0.192. The number of alkyl halides is 3.